The van der Waals surface area contributed by atoms with Crippen LogP contribution in [0, 0.1) is 32.1 Å². The molecule has 0 fully saturated rings. The van der Waals surface area contributed by atoms with E-state index in [2.05, 4.69) is 5.16 Å². The fraction of sp³-hybridized carbons (Fsp3) is 0.286. The lowest BCUT2D eigenvalue weighted by Gasteiger charge is -2.13. The second-order valence-corrected chi connectivity index (χ2v) is 4.21. The predicted molar refractivity (Wildman–Crippen MR) is 67.4 cm³/mol. The van der Waals surface area contributed by atoms with E-state index in [1.165, 1.54) is 0 Å². The lowest BCUT2D eigenvalue weighted by molar-refractivity contribution is 0.407. The molecule has 1 aromatic heterocycles. The number of rotatable bonds is 2. The van der Waals surface area contributed by atoms with Gasteiger partial charge >= 0.3 is 0 Å². The molecule has 0 saturated heterocycles. The maximum absolute atomic E-state index is 8.77. The Balaban J connectivity index is 2.63. The van der Waals surface area contributed by atoms with Crippen molar-refractivity contribution < 1.29 is 9.26 Å². The molecule has 0 aliphatic rings. The third-order valence-corrected chi connectivity index (χ3v) is 3.12. The number of aryl methyl sites for hydroxylation is 1. The van der Waals surface area contributed by atoms with Crippen molar-refractivity contribution in [3.8, 4) is 23.1 Å². The Hall–Kier alpha value is -2.28. The smallest absolute Gasteiger partial charge is 0.184 e. The number of aromatic nitrogens is 1. The summed E-state index contributed by atoms with van der Waals surface area (Å²) in [6.07, 6.45) is 0. The highest BCUT2D eigenvalue weighted by Gasteiger charge is 2.15. The van der Waals surface area contributed by atoms with Gasteiger partial charge in [-0.3, -0.25) is 0 Å². The van der Waals surface area contributed by atoms with Crippen LogP contribution in [0.5, 0.6) is 5.75 Å². The van der Waals surface area contributed by atoms with Crippen LogP contribution in [0.2, 0.25) is 0 Å². The van der Waals surface area contributed by atoms with Crippen LogP contribution in [0.25, 0.3) is 11.3 Å². The van der Waals surface area contributed by atoms with Gasteiger partial charge in [0.1, 0.15) is 11.8 Å². The molecule has 18 heavy (non-hydrogen) atoms. The monoisotopic (exact) mass is 242 g/mol. The summed E-state index contributed by atoms with van der Waals surface area (Å²) in [5, 5.41) is 12.5. The second-order valence-electron chi connectivity index (χ2n) is 4.21. The minimum absolute atomic E-state index is 0.288. The van der Waals surface area contributed by atoms with Gasteiger partial charge in [-0.15, -0.1) is 0 Å². The first-order valence-corrected chi connectivity index (χ1v) is 5.60. The molecule has 0 spiro atoms. The number of ether oxygens (including phenoxy) is 1. The Bertz CT molecular complexity index is 636. The van der Waals surface area contributed by atoms with E-state index < -0.39 is 0 Å². The number of hydrogen-bond donors (Lipinski definition) is 0. The first kappa shape index (κ1) is 12.2. The topological polar surface area (TPSA) is 59.0 Å². The molecular weight excluding hydrogens is 228 g/mol. The Labute approximate surface area is 106 Å². The molecule has 4 heteroatoms. The highest BCUT2D eigenvalue weighted by molar-refractivity contribution is 5.68. The summed E-state index contributed by atoms with van der Waals surface area (Å²) < 4.78 is 10.6. The third-order valence-electron chi connectivity index (χ3n) is 3.12. The van der Waals surface area contributed by atoms with Gasteiger partial charge in [-0.05, 0) is 43.5 Å². The van der Waals surface area contributed by atoms with Crippen molar-refractivity contribution in [3.63, 3.8) is 0 Å². The SMILES string of the molecule is COc1c(C)cc(-c2cc(C#N)no2)c(C)c1C. The molecule has 0 unspecified atom stereocenters. The molecule has 0 saturated carbocycles. The molecule has 0 atom stereocenters. The number of benzene rings is 1. The molecule has 2 aromatic rings. The van der Waals surface area contributed by atoms with E-state index in [-0.39, 0.29) is 5.69 Å². The molecule has 0 amide bonds. The van der Waals surface area contributed by atoms with E-state index in [4.69, 9.17) is 14.5 Å². The molecule has 0 N–H and O–H groups in total. The van der Waals surface area contributed by atoms with Gasteiger partial charge in [0.15, 0.2) is 11.5 Å². The Morgan fingerprint density at radius 1 is 1.22 bits per heavy atom. The van der Waals surface area contributed by atoms with Gasteiger partial charge in [0, 0.05) is 11.6 Å². The summed E-state index contributed by atoms with van der Waals surface area (Å²) in [5.74, 6) is 1.49. The third kappa shape index (κ3) is 1.84. The van der Waals surface area contributed by atoms with Crippen molar-refractivity contribution in [2.45, 2.75) is 20.8 Å². The predicted octanol–water partition coefficient (Wildman–Crippen LogP) is 3.15. The standard InChI is InChI=1S/C14H14N2O2/c1-8-5-12(9(2)10(3)14(8)17-4)13-6-11(7-15)16-18-13/h5-6H,1-4H3. The Kier molecular flexibility index (Phi) is 3.07. The minimum Gasteiger partial charge on any atom is -0.496 e. The number of hydrogen-bond acceptors (Lipinski definition) is 4. The summed E-state index contributed by atoms with van der Waals surface area (Å²) in [7, 11) is 1.66. The van der Waals surface area contributed by atoms with Gasteiger partial charge < -0.3 is 9.26 Å². The normalized spacial score (nSPS) is 10.2. The molecular formula is C14H14N2O2. The van der Waals surface area contributed by atoms with Crippen molar-refractivity contribution in [2.24, 2.45) is 0 Å². The lowest BCUT2D eigenvalue weighted by Crippen LogP contribution is -1.96. The summed E-state index contributed by atoms with van der Waals surface area (Å²) in [4.78, 5) is 0. The molecule has 1 aromatic carbocycles. The zero-order valence-corrected chi connectivity index (χ0v) is 10.9. The first-order valence-electron chi connectivity index (χ1n) is 5.60. The van der Waals surface area contributed by atoms with Gasteiger partial charge in [0.05, 0.1) is 7.11 Å². The molecule has 0 aliphatic carbocycles. The fourth-order valence-corrected chi connectivity index (χ4v) is 2.08. The van der Waals surface area contributed by atoms with Crippen LogP contribution < -0.4 is 4.74 Å². The molecule has 2 rings (SSSR count). The quantitative estimate of drug-likeness (QED) is 0.811. The van der Waals surface area contributed by atoms with Gasteiger partial charge in [-0.2, -0.15) is 5.26 Å². The van der Waals surface area contributed by atoms with Crippen LogP contribution in [0.3, 0.4) is 0 Å². The zero-order chi connectivity index (χ0) is 13.3. The Morgan fingerprint density at radius 2 is 1.94 bits per heavy atom. The molecule has 4 nitrogen and oxygen atoms in total. The van der Waals surface area contributed by atoms with E-state index in [1.807, 2.05) is 32.9 Å². The van der Waals surface area contributed by atoms with Crippen LogP contribution in [0.1, 0.15) is 22.4 Å². The minimum atomic E-state index is 0.288. The van der Waals surface area contributed by atoms with Gasteiger partial charge in [0.25, 0.3) is 0 Å². The molecule has 0 bridgehead atoms. The van der Waals surface area contributed by atoms with Gasteiger partial charge in [0.2, 0.25) is 0 Å². The molecule has 1 heterocycles. The molecule has 0 radical (unpaired) electrons. The maximum atomic E-state index is 8.77. The highest BCUT2D eigenvalue weighted by atomic mass is 16.5. The van der Waals surface area contributed by atoms with E-state index in [9.17, 15) is 0 Å². The second kappa shape index (κ2) is 4.53. The lowest BCUT2D eigenvalue weighted by atomic mass is 9.97. The zero-order valence-electron chi connectivity index (χ0n) is 10.9. The largest absolute Gasteiger partial charge is 0.496 e. The molecule has 0 aliphatic heterocycles. The Morgan fingerprint density at radius 3 is 2.50 bits per heavy atom. The van der Waals surface area contributed by atoms with Crippen LogP contribution in [0.15, 0.2) is 16.7 Å². The van der Waals surface area contributed by atoms with Crippen LogP contribution in [0.4, 0.5) is 0 Å². The van der Waals surface area contributed by atoms with Crippen molar-refractivity contribution >= 4 is 0 Å². The first-order chi connectivity index (χ1) is 8.58. The summed E-state index contributed by atoms with van der Waals surface area (Å²) in [6, 6.07) is 5.59. The number of methoxy groups -OCH3 is 1. The van der Waals surface area contributed by atoms with E-state index in [1.54, 1.807) is 13.2 Å². The summed E-state index contributed by atoms with van der Waals surface area (Å²) in [6.45, 7) is 5.99. The summed E-state index contributed by atoms with van der Waals surface area (Å²) in [5.41, 5.74) is 4.40. The fourth-order valence-electron chi connectivity index (χ4n) is 2.08. The highest BCUT2D eigenvalue weighted by Crippen LogP contribution is 2.34. The molecule has 92 valence electrons. The van der Waals surface area contributed by atoms with Crippen LogP contribution >= 0.6 is 0 Å². The van der Waals surface area contributed by atoms with E-state index >= 15 is 0 Å². The van der Waals surface area contributed by atoms with Gasteiger partial charge in [-0.1, -0.05) is 5.16 Å². The maximum Gasteiger partial charge on any atom is 0.184 e. The van der Waals surface area contributed by atoms with Crippen molar-refractivity contribution in [1.29, 1.82) is 5.26 Å². The average molecular weight is 242 g/mol. The van der Waals surface area contributed by atoms with Crippen molar-refractivity contribution in [3.05, 3.63) is 34.5 Å². The van der Waals surface area contributed by atoms with Crippen LogP contribution in [-0.2, 0) is 0 Å². The number of nitriles is 1. The average Bonchev–Trinajstić information content (AvgIpc) is 2.83. The number of nitrogens with zero attached hydrogens (tertiary/aromatic N) is 2. The van der Waals surface area contributed by atoms with E-state index in [0.29, 0.717) is 5.76 Å². The van der Waals surface area contributed by atoms with Gasteiger partial charge in [-0.25, -0.2) is 0 Å². The van der Waals surface area contributed by atoms with E-state index in [0.717, 1.165) is 28.0 Å². The van der Waals surface area contributed by atoms with Crippen molar-refractivity contribution in [2.75, 3.05) is 7.11 Å². The van der Waals surface area contributed by atoms with Crippen molar-refractivity contribution in [1.82, 2.24) is 5.16 Å². The van der Waals surface area contributed by atoms with Crippen LogP contribution in [-0.4, -0.2) is 12.3 Å². The summed E-state index contributed by atoms with van der Waals surface area (Å²) >= 11 is 0.